The quantitative estimate of drug-likeness (QED) is 0.574. The summed E-state index contributed by atoms with van der Waals surface area (Å²) >= 11 is 0. The van der Waals surface area contributed by atoms with Gasteiger partial charge in [-0.1, -0.05) is 54.6 Å². The van der Waals surface area contributed by atoms with E-state index in [1.54, 1.807) is 42.5 Å². The zero-order valence-corrected chi connectivity index (χ0v) is 17.2. The molecule has 0 bridgehead atoms. The number of anilines is 1. The van der Waals surface area contributed by atoms with Crippen LogP contribution in [0.3, 0.4) is 0 Å². The number of carbonyl (C=O) groups is 2. The molecule has 5 nitrogen and oxygen atoms in total. The van der Waals surface area contributed by atoms with Crippen LogP contribution >= 0.6 is 0 Å². The molecule has 30 heavy (non-hydrogen) atoms. The van der Waals surface area contributed by atoms with Gasteiger partial charge in [0.1, 0.15) is 5.75 Å². The number of para-hydroxylation sites is 2. The fourth-order valence-electron chi connectivity index (χ4n) is 3.05. The summed E-state index contributed by atoms with van der Waals surface area (Å²) < 4.78 is 5.74. The molecule has 0 radical (unpaired) electrons. The normalized spacial score (nSPS) is 10.5. The second-order valence-corrected chi connectivity index (χ2v) is 7.15. The Morgan fingerprint density at radius 1 is 0.800 bits per heavy atom. The van der Waals surface area contributed by atoms with E-state index >= 15 is 0 Å². The molecule has 3 aromatic rings. The number of ether oxygens (including phenoxy) is 1. The lowest BCUT2D eigenvalue weighted by atomic mass is 10.1. The van der Waals surface area contributed by atoms with Gasteiger partial charge in [0, 0.05) is 6.54 Å². The van der Waals surface area contributed by atoms with Gasteiger partial charge < -0.3 is 15.4 Å². The monoisotopic (exact) mass is 402 g/mol. The minimum Gasteiger partial charge on any atom is -0.490 e. The molecule has 2 amide bonds. The van der Waals surface area contributed by atoms with Crippen molar-refractivity contribution in [2.75, 3.05) is 11.9 Å². The molecule has 0 aliphatic carbocycles. The SMILES string of the molecule is CC(C)Oc1ccccc1C(=O)Nc1ccccc1C(=O)NCCc1ccccc1. The Morgan fingerprint density at radius 2 is 1.43 bits per heavy atom. The summed E-state index contributed by atoms with van der Waals surface area (Å²) in [6.07, 6.45) is 0.683. The van der Waals surface area contributed by atoms with E-state index in [9.17, 15) is 9.59 Å². The first kappa shape index (κ1) is 21.1. The van der Waals surface area contributed by atoms with E-state index in [0.717, 1.165) is 12.0 Å². The molecule has 154 valence electrons. The number of hydrogen-bond acceptors (Lipinski definition) is 3. The van der Waals surface area contributed by atoms with Crippen LogP contribution in [0.1, 0.15) is 40.1 Å². The Balaban J connectivity index is 1.69. The van der Waals surface area contributed by atoms with Gasteiger partial charge in [-0.15, -0.1) is 0 Å². The molecule has 0 aliphatic heterocycles. The van der Waals surface area contributed by atoms with E-state index in [1.807, 2.05) is 50.2 Å². The van der Waals surface area contributed by atoms with Crippen molar-refractivity contribution in [3.05, 3.63) is 95.6 Å². The molecule has 3 rings (SSSR count). The number of benzene rings is 3. The van der Waals surface area contributed by atoms with E-state index in [2.05, 4.69) is 10.6 Å². The van der Waals surface area contributed by atoms with Crippen LogP contribution in [0.25, 0.3) is 0 Å². The van der Waals surface area contributed by atoms with Gasteiger partial charge in [0.2, 0.25) is 0 Å². The molecule has 0 saturated heterocycles. The second-order valence-electron chi connectivity index (χ2n) is 7.15. The maximum Gasteiger partial charge on any atom is 0.259 e. The van der Waals surface area contributed by atoms with Crippen molar-refractivity contribution in [2.45, 2.75) is 26.4 Å². The highest BCUT2D eigenvalue weighted by molar-refractivity contribution is 6.10. The van der Waals surface area contributed by atoms with Gasteiger partial charge in [-0.25, -0.2) is 0 Å². The molecule has 0 aromatic heterocycles. The van der Waals surface area contributed by atoms with Gasteiger partial charge in [-0.2, -0.15) is 0 Å². The standard InChI is InChI=1S/C25H26N2O3/c1-18(2)30-23-15-9-7-13-21(23)25(29)27-22-14-8-6-12-20(22)24(28)26-17-16-19-10-4-3-5-11-19/h3-15,18H,16-17H2,1-2H3,(H,26,28)(H,27,29). The smallest absolute Gasteiger partial charge is 0.259 e. The van der Waals surface area contributed by atoms with E-state index in [-0.39, 0.29) is 17.9 Å². The van der Waals surface area contributed by atoms with Crippen molar-refractivity contribution in [1.29, 1.82) is 0 Å². The number of hydrogen-bond donors (Lipinski definition) is 2. The van der Waals surface area contributed by atoms with Crippen LogP contribution in [0, 0.1) is 0 Å². The number of rotatable bonds is 8. The minimum absolute atomic E-state index is 0.0540. The van der Waals surface area contributed by atoms with Gasteiger partial charge >= 0.3 is 0 Å². The first-order valence-electron chi connectivity index (χ1n) is 10.0. The lowest BCUT2D eigenvalue weighted by Crippen LogP contribution is -2.27. The van der Waals surface area contributed by atoms with Gasteiger partial charge in [0.15, 0.2) is 0 Å². The van der Waals surface area contributed by atoms with Crippen molar-refractivity contribution in [2.24, 2.45) is 0 Å². The fourth-order valence-corrected chi connectivity index (χ4v) is 3.05. The number of nitrogens with one attached hydrogen (secondary N) is 2. The summed E-state index contributed by atoms with van der Waals surface area (Å²) in [5.41, 5.74) is 2.45. The third-order valence-electron chi connectivity index (χ3n) is 4.46. The van der Waals surface area contributed by atoms with E-state index in [4.69, 9.17) is 4.74 Å². The summed E-state index contributed by atoms with van der Waals surface area (Å²) in [5.74, 6) is -0.0425. The Labute approximate surface area is 177 Å². The lowest BCUT2D eigenvalue weighted by molar-refractivity contribution is 0.0955. The maximum absolute atomic E-state index is 12.9. The highest BCUT2D eigenvalue weighted by atomic mass is 16.5. The molecule has 0 unspecified atom stereocenters. The second kappa shape index (κ2) is 10.3. The van der Waals surface area contributed by atoms with Crippen molar-refractivity contribution in [1.82, 2.24) is 5.32 Å². The molecule has 0 aliphatic rings. The average Bonchev–Trinajstić information content (AvgIpc) is 2.74. The Kier molecular flexibility index (Phi) is 7.22. The van der Waals surface area contributed by atoms with E-state index in [0.29, 0.717) is 29.1 Å². The molecule has 0 spiro atoms. The van der Waals surface area contributed by atoms with Gasteiger partial charge in [-0.05, 0) is 50.1 Å². The minimum atomic E-state index is -0.323. The Hall–Kier alpha value is -3.60. The van der Waals surface area contributed by atoms with Crippen LogP contribution in [-0.4, -0.2) is 24.5 Å². The summed E-state index contributed by atoms with van der Waals surface area (Å²) in [6.45, 7) is 4.32. The van der Waals surface area contributed by atoms with Gasteiger partial charge in [0.25, 0.3) is 11.8 Å². The number of carbonyl (C=O) groups excluding carboxylic acids is 2. The number of amides is 2. The van der Waals surface area contributed by atoms with Crippen LogP contribution < -0.4 is 15.4 Å². The summed E-state index contributed by atoms with van der Waals surface area (Å²) in [6, 6.07) is 24.0. The van der Waals surface area contributed by atoms with Crippen LogP contribution in [-0.2, 0) is 6.42 Å². The first-order valence-corrected chi connectivity index (χ1v) is 10.0. The first-order chi connectivity index (χ1) is 14.5. The molecule has 0 fully saturated rings. The molecule has 3 aromatic carbocycles. The summed E-state index contributed by atoms with van der Waals surface area (Å²) in [4.78, 5) is 25.6. The van der Waals surface area contributed by atoms with Crippen LogP contribution in [0.5, 0.6) is 5.75 Å². The molecule has 2 N–H and O–H groups in total. The molecule has 0 saturated carbocycles. The van der Waals surface area contributed by atoms with Gasteiger partial charge in [0.05, 0.1) is 22.9 Å². The molecule has 5 heteroatoms. The van der Waals surface area contributed by atoms with Crippen molar-refractivity contribution in [3.63, 3.8) is 0 Å². The van der Waals surface area contributed by atoms with Crippen LogP contribution in [0.15, 0.2) is 78.9 Å². The van der Waals surface area contributed by atoms with Gasteiger partial charge in [-0.3, -0.25) is 9.59 Å². The molecular weight excluding hydrogens is 376 g/mol. The van der Waals surface area contributed by atoms with Crippen molar-refractivity contribution in [3.8, 4) is 5.75 Å². The largest absolute Gasteiger partial charge is 0.490 e. The Morgan fingerprint density at radius 3 is 2.17 bits per heavy atom. The average molecular weight is 402 g/mol. The van der Waals surface area contributed by atoms with Crippen LogP contribution in [0.2, 0.25) is 0 Å². The predicted molar refractivity (Wildman–Crippen MR) is 119 cm³/mol. The Bertz CT molecular complexity index is 1000. The molecular formula is C25H26N2O3. The topological polar surface area (TPSA) is 67.4 Å². The van der Waals surface area contributed by atoms with E-state index < -0.39 is 0 Å². The van der Waals surface area contributed by atoms with Crippen LogP contribution in [0.4, 0.5) is 5.69 Å². The highest BCUT2D eigenvalue weighted by Crippen LogP contribution is 2.22. The highest BCUT2D eigenvalue weighted by Gasteiger charge is 2.17. The maximum atomic E-state index is 12.9. The van der Waals surface area contributed by atoms with E-state index in [1.165, 1.54) is 0 Å². The predicted octanol–water partition coefficient (Wildman–Crippen LogP) is 4.70. The fraction of sp³-hybridized carbons (Fsp3) is 0.200. The molecule has 0 heterocycles. The molecule has 0 atom stereocenters. The zero-order chi connectivity index (χ0) is 21.3. The summed E-state index contributed by atoms with van der Waals surface area (Å²) in [7, 11) is 0. The third-order valence-corrected chi connectivity index (χ3v) is 4.46. The third kappa shape index (κ3) is 5.70. The van der Waals surface area contributed by atoms with Crippen molar-refractivity contribution < 1.29 is 14.3 Å². The zero-order valence-electron chi connectivity index (χ0n) is 17.2. The lowest BCUT2D eigenvalue weighted by Gasteiger charge is -2.15. The van der Waals surface area contributed by atoms with Crippen molar-refractivity contribution >= 4 is 17.5 Å². The summed E-state index contributed by atoms with van der Waals surface area (Å²) in [5, 5.41) is 5.77.